The van der Waals surface area contributed by atoms with E-state index in [0.717, 1.165) is 11.3 Å². The van der Waals surface area contributed by atoms with Crippen LogP contribution < -0.4 is 14.8 Å². The summed E-state index contributed by atoms with van der Waals surface area (Å²) in [5, 5.41) is 2.84. The number of hydrogen-bond acceptors (Lipinski definition) is 6. The van der Waals surface area contributed by atoms with Crippen LogP contribution >= 0.6 is 24.0 Å². The van der Waals surface area contributed by atoms with E-state index in [9.17, 15) is 9.59 Å². The zero-order chi connectivity index (χ0) is 20.2. The molecule has 1 saturated heterocycles. The number of amides is 2. The molecule has 6 nitrogen and oxygen atoms in total. The van der Waals surface area contributed by atoms with Crippen LogP contribution in [0.4, 0.5) is 5.69 Å². The van der Waals surface area contributed by atoms with Crippen LogP contribution in [0.3, 0.4) is 0 Å². The first kappa shape index (κ1) is 19.5. The maximum atomic E-state index is 12.7. The predicted molar refractivity (Wildman–Crippen MR) is 117 cm³/mol. The lowest BCUT2D eigenvalue weighted by atomic mass is 10.2. The van der Waals surface area contributed by atoms with E-state index in [1.807, 2.05) is 48.5 Å². The normalized spacial score (nSPS) is 16.6. The maximum Gasteiger partial charge on any atom is 0.266 e. The fourth-order valence-corrected chi connectivity index (χ4v) is 4.30. The number of ether oxygens (including phenoxy) is 2. The number of thioether (sulfide) groups is 1. The van der Waals surface area contributed by atoms with Gasteiger partial charge in [0.05, 0.1) is 4.91 Å². The lowest BCUT2D eigenvalue weighted by Gasteiger charge is -2.14. The molecule has 2 heterocycles. The first-order valence-electron chi connectivity index (χ1n) is 9.10. The van der Waals surface area contributed by atoms with E-state index in [0.29, 0.717) is 40.1 Å². The van der Waals surface area contributed by atoms with Crippen LogP contribution in [0.25, 0.3) is 6.08 Å². The Morgan fingerprint density at radius 2 is 1.97 bits per heavy atom. The smallest absolute Gasteiger partial charge is 0.266 e. The topological polar surface area (TPSA) is 67.9 Å². The Kier molecular flexibility index (Phi) is 5.82. The van der Waals surface area contributed by atoms with Crippen LogP contribution in [0, 0.1) is 0 Å². The SMILES string of the molecule is O=C(CCCN1C(=O)/C(=C\c2ccc3c(c2)OCO3)SC1=S)Nc1ccccc1. The van der Waals surface area contributed by atoms with Gasteiger partial charge >= 0.3 is 0 Å². The van der Waals surface area contributed by atoms with Crippen molar-refractivity contribution in [3.63, 3.8) is 0 Å². The Labute approximate surface area is 177 Å². The van der Waals surface area contributed by atoms with Crippen molar-refractivity contribution in [2.45, 2.75) is 12.8 Å². The molecule has 8 heteroatoms. The molecule has 2 aromatic carbocycles. The number of benzene rings is 2. The molecule has 0 aliphatic carbocycles. The summed E-state index contributed by atoms with van der Waals surface area (Å²) in [6, 6.07) is 14.8. The molecule has 0 saturated carbocycles. The van der Waals surface area contributed by atoms with E-state index < -0.39 is 0 Å². The lowest BCUT2D eigenvalue weighted by molar-refractivity contribution is -0.122. The van der Waals surface area contributed by atoms with Gasteiger partial charge in [-0.05, 0) is 42.3 Å². The van der Waals surface area contributed by atoms with Crippen molar-refractivity contribution >= 4 is 51.9 Å². The fourth-order valence-electron chi connectivity index (χ4n) is 2.99. The molecule has 1 N–H and O–H groups in total. The van der Waals surface area contributed by atoms with E-state index >= 15 is 0 Å². The van der Waals surface area contributed by atoms with Gasteiger partial charge in [0.2, 0.25) is 12.7 Å². The van der Waals surface area contributed by atoms with Crippen LogP contribution in [0.5, 0.6) is 11.5 Å². The molecule has 29 heavy (non-hydrogen) atoms. The second-order valence-electron chi connectivity index (χ2n) is 6.46. The van der Waals surface area contributed by atoms with E-state index in [-0.39, 0.29) is 18.6 Å². The first-order chi connectivity index (χ1) is 14.1. The third kappa shape index (κ3) is 4.60. The number of anilines is 1. The fraction of sp³-hybridized carbons (Fsp3) is 0.190. The molecule has 0 aromatic heterocycles. The third-order valence-corrected chi connectivity index (χ3v) is 5.79. The molecule has 2 amide bonds. The Hall–Kier alpha value is -2.84. The molecule has 0 bridgehead atoms. The summed E-state index contributed by atoms with van der Waals surface area (Å²) < 4.78 is 11.2. The quantitative estimate of drug-likeness (QED) is 0.556. The highest BCUT2D eigenvalue weighted by Crippen LogP contribution is 2.36. The van der Waals surface area contributed by atoms with Gasteiger partial charge in [0.1, 0.15) is 4.32 Å². The molecular formula is C21H18N2O4S2. The standard InChI is InChI=1S/C21H18N2O4S2/c24-19(22-15-5-2-1-3-6-15)7-4-10-23-20(25)18(29-21(23)28)12-14-8-9-16-17(11-14)27-13-26-16/h1-3,5-6,8-9,11-12H,4,7,10,13H2,(H,22,24)/b18-12+. The number of nitrogens with one attached hydrogen (secondary N) is 1. The average Bonchev–Trinajstić information content (AvgIpc) is 3.28. The van der Waals surface area contributed by atoms with Crippen LogP contribution in [0.15, 0.2) is 53.4 Å². The van der Waals surface area contributed by atoms with Gasteiger partial charge in [0, 0.05) is 18.7 Å². The molecule has 1 fully saturated rings. The Bertz CT molecular complexity index is 991. The number of fused-ring (bicyclic) bond motifs is 1. The van der Waals surface area contributed by atoms with E-state index in [2.05, 4.69) is 5.32 Å². The Morgan fingerprint density at radius 3 is 2.79 bits per heavy atom. The summed E-state index contributed by atoms with van der Waals surface area (Å²) in [5.74, 6) is 1.14. The van der Waals surface area contributed by atoms with Crippen molar-refractivity contribution in [1.82, 2.24) is 4.90 Å². The highest BCUT2D eigenvalue weighted by Gasteiger charge is 2.31. The zero-order valence-electron chi connectivity index (χ0n) is 15.4. The first-order valence-corrected chi connectivity index (χ1v) is 10.3. The lowest BCUT2D eigenvalue weighted by Crippen LogP contribution is -2.29. The van der Waals surface area contributed by atoms with Crippen molar-refractivity contribution in [3.05, 3.63) is 59.0 Å². The van der Waals surface area contributed by atoms with Crippen LogP contribution in [-0.2, 0) is 9.59 Å². The van der Waals surface area contributed by atoms with Gasteiger partial charge in [-0.3, -0.25) is 14.5 Å². The number of hydrogen-bond donors (Lipinski definition) is 1. The molecule has 148 valence electrons. The van der Waals surface area contributed by atoms with Gasteiger partial charge in [-0.25, -0.2) is 0 Å². The Morgan fingerprint density at radius 1 is 1.17 bits per heavy atom. The summed E-state index contributed by atoms with van der Waals surface area (Å²) in [6.07, 6.45) is 2.64. The predicted octanol–water partition coefficient (Wildman–Crippen LogP) is 4.04. The van der Waals surface area contributed by atoms with Gasteiger partial charge in [-0.1, -0.05) is 48.2 Å². The molecular weight excluding hydrogens is 408 g/mol. The molecule has 0 unspecified atom stereocenters. The van der Waals surface area contributed by atoms with Gasteiger partial charge in [-0.15, -0.1) is 0 Å². The number of carbonyl (C=O) groups is 2. The number of thiocarbonyl (C=S) groups is 1. The molecule has 0 atom stereocenters. The van der Waals surface area contributed by atoms with Crippen LogP contribution in [-0.4, -0.2) is 34.4 Å². The van der Waals surface area contributed by atoms with Crippen molar-refractivity contribution in [3.8, 4) is 11.5 Å². The average molecular weight is 427 g/mol. The summed E-state index contributed by atoms with van der Waals surface area (Å²) >= 11 is 6.62. The van der Waals surface area contributed by atoms with Gasteiger partial charge in [0.25, 0.3) is 5.91 Å². The minimum Gasteiger partial charge on any atom is -0.454 e. The summed E-state index contributed by atoms with van der Waals surface area (Å²) in [4.78, 5) is 26.9. The van der Waals surface area contributed by atoms with Crippen LogP contribution in [0.1, 0.15) is 18.4 Å². The van der Waals surface area contributed by atoms with Crippen LogP contribution in [0.2, 0.25) is 0 Å². The molecule has 4 rings (SSSR count). The number of para-hydroxylation sites is 1. The second kappa shape index (κ2) is 8.67. The summed E-state index contributed by atoms with van der Waals surface area (Å²) in [7, 11) is 0. The minimum atomic E-state index is -0.138. The monoisotopic (exact) mass is 426 g/mol. The van der Waals surface area contributed by atoms with Gasteiger partial charge in [-0.2, -0.15) is 0 Å². The number of carbonyl (C=O) groups excluding carboxylic acids is 2. The van der Waals surface area contributed by atoms with E-state index in [1.165, 1.54) is 11.8 Å². The minimum absolute atomic E-state index is 0.0856. The molecule has 2 aliphatic rings. The number of nitrogens with zero attached hydrogens (tertiary/aromatic N) is 1. The van der Waals surface area contributed by atoms with E-state index in [1.54, 1.807) is 11.0 Å². The van der Waals surface area contributed by atoms with Gasteiger partial charge in [0.15, 0.2) is 11.5 Å². The molecule has 2 aliphatic heterocycles. The van der Waals surface area contributed by atoms with Crippen molar-refractivity contribution in [2.24, 2.45) is 0 Å². The number of rotatable bonds is 6. The maximum absolute atomic E-state index is 12.7. The van der Waals surface area contributed by atoms with Crippen molar-refractivity contribution < 1.29 is 19.1 Å². The second-order valence-corrected chi connectivity index (χ2v) is 8.14. The molecule has 0 spiro atoms. The van der Waals surface area contributed by atoms with E-state index in [4.69, 9.17) is 21.7 Å². The van der Waals surface area contributed by atoms with Gasteiger partial charge < -0.3 is 14.8 Å². The van der Waals surface area contributed by atoms with Crippen molar-refractivity contribution in [1.29, 1.82) is 0 Å². The summed E-state index contributed by atoms with van der Waals surface area (Å²) in [5.41, 5.74) is 1.60. The summed E-state index contributed by atoms with van der Waals surface area (Å²) in [6.45, 7) is 0.615. The third-order valence-electron chi connectivity index (χ3n) is 4.41. The van der Waals surface area contributed by atoms with Crippen molar-refractivity contribution in [2.75, 3.05) is 18.7 Å². The largest absolute Gasteiger partial charge is 0.454 e. The highest BCUT2D eigenvalue weighted by atomic mass is 32.2. The Balaban J connectivity index is 1.33. The highest BCUT2D eigenvalue weighted by molar-refractivity contribution is 8.26. The zero-order valence-corrected chi connectivity index (χ0v) is 17.1. The molecule has 0 radical (unpaired) electrons. The molecule has 2 aromatic rings.